The topological polar surface area (TPSA) is 77.2 Å². The van der Waals surface area contributed by atoms with Crippen LogP contribution in [0.3, 0.4) is 0 Å². The molecular weight excluding hydrogens is 270 g/mol. The zero-order valence-electron chi connectivity index (χ0n) is 12.2. The van der Waals surface area contributed by atoms with Crippen LogP contribution in [0.2, 0.25) is 0 Å². The van der Waals surface area contributed by atoms with Gasteiger partial charge in [-0.3, -0.25) is 4.79 Å². The first-order chi connectivity index (χ1) is 10.2. The van der Waals surface area contributed by atoms with Crippen LogP contribution in [-0.4, -0.2) is 36.4 Å². The zero-order chi connectivity index (χ0) is 15.1. The lowest BCUT2D eigenvalue weighted by atomic mass is 9.95. The molecule has 6 heteroatoms. The number of aromatic nitrogens is 2. The molecule has 0 bridgehead atoms. The molecule has 1 aromatic heterocycles. The Morgan fingerprint density at radius 1 is 1.33 bits per heavy atom. The fourth-order valence-corrected chi connectivity index (χ4v) is 2.04. The summed E-state index contributed by atoms with van der Waals surface area (Å²) in [5.74, 6) is 0.637. The minimum Gasteiger partial charge on any atom is -0.425 e. The fourth-order valence-electron chi connectivity index (χ4n) is 2.04. The molecule has 21 heavy (non-hydrogen) atoms. The molecule has 1 amide bonds. The number of benzene rings is 1. The number of rotatable bonds is 7. The number of amides is 1. The third kappa shape index (κ3) is 4.39. The Morgan fingerprint density at radius 2 is 2.10 bits per heavy atom. The Labute approximate surface area is 123 Å². The van der Waals surface area contributed by atoms with Crippen LogP contribution in [0.25, 0.3) is 0 Å². The summed E-state index contributed by atoms with van der Waals surface area (Å²) in [6.45, 7) is 2.71. The first kappa shape index (κ1) is 15.2. The molecule has 0 aliphatic carbocycles. The Morgan fingerprint density at radius 3 is 2.71 bits per heavy atom. The normalized spacial score (nSPS) is 12.1. The summed E-state index contributed by atoms with van der Waals surface area (Å²) in [6, 6.07) is 9.68. The molecule has 1 aromatic carbocycles. The van der Waals surface area contributed by atoms with E-state index >= 15 is 0 Å². The van der Waals surface area contributed by atoms with Crippen molar-refractivity contribution in [1.82, 2.24) is 15.5 Å². The van der Waals surface area contributed by atoms with E-state index in [4.69, 9.17) is 9.15 Å². The molecule has 112 valence electrons. The van der Waals surface area contributed by atoms with Crippen molar-refractivity contribution in [3.8, 4) is 0 Å². The molecule has 6 nitrogen and oxygen atoms in total. The molecule has 0 saturated heterocycles. The number of nitrogens with one attached hydrogen (secondary N) is 1. The van der Waals surface area contributed by atoms with Gasteiger partial charge in [0.15, 0.2) is 0 Å². The van der Waals surface area contributed by atoms with Crippen LogP contribution in [0, 0.1) is 6.92 Å². The van der Waals surface area contributed by atoms with Gasteiger partial charge < -0.3 is 14.5 Å². The van der Waals surface area contributed by atoms with Gasteiger partial charge >= 0.3 is 0 Å². The smallest absolute Gasteiger partial charge is 0.224 e. The number of hydrogen-bond acceptors (Lipinski definition) is 5. The van der Waals surface area contributed by atoms with Crippen molar-refractivity contribution >= 4 is 5.91 Å². The standard InChI is InChI=1S/C15H19N3O3/c1-11-17-18-15(21-11)13(12-6-4-3-5-7-12)10-14(19)16-8-9-20-2/h3-7,13H,8-10H2,1-2H3,(H,16,19). The maximum atomic E-state index is 12.0. The second kappa shape index (κ2) is 7.54. The van der Waals surface area contributed by atoms with E-state index in [9.17, 15) is 4.79 Å². The Balaban J connectivity index is 2.11. The lowest BCUT2D eigenvalue weighted by molar-refractivity contribution is -0.121. The third-order valence-corrected chi connectivity index (χ3v) is 3.06. The Bertz CT molecular complexity index is 569. The Hall–Kier alpha value is -2.21. The molecule has 0 aliphatic heterocycles. The van der Waals surface area contributed by atoms with Gasteiger partial charge in [0, 0.05) is 27.0 Å². The van der Waals surface area contributed by atoms with Crippen LogP contribution in [0.1, 0.15) is 29.7 Å². The van der Waals surface area contributed by atoms with E-state index in [2.05, 4.69) is 15.5 Å². The van der Waals surface area contributed by atoms with Gasteiger partial charge in [0.25, 0.3) is 0 Å². The van der Waals surface area contributed by atoms with Gasteiger partial charge in [-0.2, -0.15) is 0 Å². The summed E-state index contributed by atoms with van der Waals surface area (Å²) in [5.41, 5.74) is 0.975. The largest absolute Gasteiger partial charge is 0.425 e. The fraction of sp³-hybridized carbons (Fsp3) is 0.400. The van der Waals surface area contributed by atoms with Gasteiger partial charge in [-0.05, 0) is 5.56 Å². The zero-order valence-corrected chi connectivity index (χ0v) is 12.2. The van der Waals surface area contributed by atoms with Crippen molar-refractivity contribution in [3.63, 3.8) is 0 Å². The van der Waals surface area contributed by atoms with Gasteiger partial charge in [0.2, 0.25) is 17.7 Å². The van der Waals surface area contributed by atoms with Crippen molar-refractivity contribution in [3.05, 3.63) is 47.7 Å². The Kier molecular flexibility index (Phi) is 5.45. The summed E-state index contributed by atoms with van der Waals surface area (Å²) in [6.07, 6.45) is 0.259. The highest BCUT2D eigenvalue weighted by molar-refractivity contribution is 5.77. The van der Waals surface area contributed by atoms with E-state index in [1.165, 1.54) is 0 Å². The molecule has 0 radical (unpaired) electrons. The van der Waals surface area contributed by atoms with Gasteiger partial charge in [-0.1, -0.05) is 30.3 Å². The first-order valence-corrected chi connectivity index (χ1v) is 6.81. The summed E-state index contributed by atoms with van der Waals surface area (Å²) >= 11 is 0. The van der Waals surface area contributed by atoms with Crippen molar-refractivity contribution in [2.75, 3.05) is 20.3 Å². The molecule has 2 aromatic rings. The summed E-state index contributed by atoms with van der Waals surface area (Å²) < 4.78 is 10.4. The maximum Gasteiger partial charge on any atom is 0.224 e. The maximum absolute atomic E-state index is 12.0. The quantitative estimate of drug-likeness (QED) is 0.784. The van der Waals surface area contributed by atoms with Crippen molar-refractivity contribution < 1.29 is 13.9 Å². The average molecular weight is 289 g/mol. The highest BCUT2D eigenvalue weighted by Gasteiger charge is 2.23. The molecule has 0 aliphatic rings. The second-order valence-electron chi connectivity index (χ2n) is 4.67. The summed E-state index contributed by atoms with van der Waals surface area (Å²) in [4.78, 5) is 12.0. The van der Waals surface area contributed by atoms with Crippen LogP contribution >= 0.6 is 0 Å². The molecular formula is C15H19N3O3. The molecule has 1 unspecified atom stereocenters. The minimum absolute atomic E-state index is 0.0724. The van der Waals surface area contributed by atoms with E-state index in [0.717, 1.165) is 5.56 Å². The molecule has 0 saturated carbocycles. The van der Waals surface area contributed by atoms with Gasteiger partial charge in [-0.25, -0.2) is 0 Å². The number of hydrogen-bond donors (Lipinski definition) is 1. The number of nitrogens with zero attached hydrogens (tertiary/aromatic N) is 2. The predicted octanol–water partition coefficient (Wildman–Crippen LogP) is 1.66. The van der Waals surface area contributed by atoms with Crippen LogP contribution in [-0.2, 0) is 9.53 Å². The highest BCUT2D eigenvalue weighted by Crippen LogP contribution is 2.26. The molecule has 1 N–H and O–H groups in total. The number of carbonyl (C=O) groups excluding carboxylic acids is 1. The summed E-state index contributed by atoms with van der Waals surface area (Å²) in [5, 5.41) is 10.7. The highest BCUT2D eigenvalue weighted by atomic mass is 16.5. The number of carbonyl (C=O) groups is 1. The third-order valence-electron chi connectivity index (χ3n) is 3.06. The van der Waals surface area contributed by atoms with E-state index < -0.39 is 0 Å². The van der Waals surface area contributed by atoms with E-state index in [0.29, 0.717) is 24.9 Å². The van der Waals surface area contributed by atoms with Gasteiger partial charge in [0.05, 0.1) is 12.5 Å². The minimum atomic E-state index is -0.241. The monoisotopic (exact) mass is 289 g/mol. The van der Waals surface area contributed by atoms with Crippen LogP contribution in [0.4, 0.5) is 0 Å². The molecule has 2 rings (SSSR count). The molecule has 1 heterocycles. The average Bonchev–Trinajstić information content (AvgIpc) is 2.92. The van der Waals surface area contributed by atoms with Gasteiger partial charge in [0.1, 0.15) is 0 Å². The van der Waals surface area contributed by atoms with E-state index in [1.54, 1.807) is 14.0 Å². The molecule has 1 atom stereocenters. The number of ether oxygens (including phenoxy) is 1. The van der Waals surface area contributed by atoms with Crippen molar-refractivity contribution in [1.29, 1.82) is 0 Å². The van der Waals surface area contributed by atoms with Crippen molar-refractivity contribution in [2.45, 2.75) is 19.3 Å². The SMILES string of the molecule is COCCNC(=O)CC(c1ccccc1)c1nnc(C)o1. The van der Waals surface area contributed by atoms with Crippen molar-refractivity contribution in [2.24, 2.45) is 0 Å². The van der Waals surface area contributed by atoms with Crippen LogP contribution in [0.5, 0.6) is 0 Å². The van der Waals surface area contributed by atoms with E-state index in [1.807, 2.05) is 30.3 Å². The van der Waals surface area contributed by atoms with Crippen LogP contribution < -0.4 is 5.32 Å². The number of methoxy groups -OCH3 is 1. The molecule has 0 fully saturated rings. The molecule has 0 spiro atoms. The van der Waals surface area contributed by atoms with Crippen LogP contribution in [0.15, 0.2) is 34.7 Å². The van der Waals surface area contributed by atoms with E-state index in [-0.39, 0.29) is 18.2 Å². The number of aryl methyl sites for hydroxylation is 1. The second-order valence-corrected chi connectivity index (χ2v) is 4.67. The van der Waals surface area contributed by atoms with Gasteiger partial charge in [-0.15, -0.1) is 10.2 Å². The lowest BCUT2D eigenvalue weighted by Gasteiger charge is -2.13. The summed E-state index contributed by atoms with van der Waals surface area (Å²) in [7, 11) is 1.60. The first-order valence-electron chi connectivity index (χ1n) is 6.81. The lowest BCUT2D eigenvalue weighted by Crippen LogP contribution is -2.28. The predicted molar refractivity (Wildman–Crippen MR) is 76.8 cm³/mol.